The predicted octanol–water partition coefficient (Wildman–Crippen LogP) is 5.48. The highest BCUT2D eigenvalue weighted by Crippen LogP contribution is 2.41. The summed E-state index contributed by atoms with van der Waals surface area (Å²) in [6.45, 7) is 5.20. The van der Waals surface area contributed by atoms with Gasteiger partial charge in [-0.05, 0) is 68.3 Å². The molecule has 0 aliphatic rings. The highest BCUT2D eigenvalue weighted by molar-refractivity contribution is 7.60. The Morgan fingerprint density at radius 2 is 1.45 bits per heavy atom. The molecule has 6 nitrogen and oxygen atoms in total. The molecule has 1 aromatic heterocycles. The Kier molecular flexibility index (Phi) is 5.25. The number of aryl methyl sites for hydroxylation is 2. The maximum Gasteiger partial charge on any atom is 0.356 e. The average Bonchev–Trinajstić information content (AvgIpc) is 3.08. The van der Waals surface area contributed by atoms with Crippen molar-refractivity contribution < 1.29 is 37.0 Å². The van der Waals surface area contributed by atoms with E-state index < -0.39 is 19.2 Å². The summed E-state index contributed by atoms with van der Waals surface area (Å²) in [6, 6.07) is 8.62. The molecule has 0 unspecified atom stereocenters. The van der Waals surface area contributed by atoms with Crippen LogP contribution in [0, 0.1) is 25.5 Å². The second-order valence-electron chi connectivity index (χ2n) is 7.10. The van der Waals surface area contributed by atoms with E-state index in [1.54, 1.807) is 32.9 Å². The minimum absolute atomic E-state index is 0.0160. The molecule has 0 saturated carbocycles. The maximum atomic E-state index is 15.2. The van der Waals surface area contributed by atoms with Gasteiger partial charge in [0, 0.05) is 10.8 Å². The second kappa shape index (κ2) is 7.64. The van der Waals surface area contributed by atoms with Crippen molar-refractivity contribution in [3.63, 3.8) is 0 Å². The van der Waals surface area contributed by atoms with Crippen molar-refractivity contribution in [1.29, 1.82) is 0 Å². The Hall–Kier alpha value is -2.93. The molecule has 0 amide bonds. The van der Waals surface area contributed by atoms with E-state index in [-0.39, 0.29) is 40.3 Å². The first-order valence-corrected chi connectivity index (χ1v) is 11.0. The van der Waals surface area contributed by atoms with E-state index in [1.807, 2.05) is 0 Å². The summed E-state index contributed by atoms with van der Waals surface area (Å²) in [7, 11) is -4.44. The van der Waals surface area contributed by atoms with Gasteiger partial charge in [0.25, 0.3) is 0 Å². The average molecular weight is 448 g/mol. The van der Waals surface area contributed by atoms with Gasteiger partial charge in [-0.2, -0.15) is 8.78 Å². The van der Waals surface area contributed by atoms with Crippen molar-refractivity contribution >= 4 is 34.8 Å². The molecule has 0 aliphatic carbocycles. The zero-order valence-electron chi connectivity index (χ0n) is 16.9. The number of furan rings is 1. The molecule has 0 aliphatic heterocycles. The van der Waals surface area contributed by atoms with Crippen molar-refractivity contribution in [2.75, 3.05) is 6.61 Å². The van der Waals surface area contributed by atoms with Crippen LogP contribution in [0.5, 0.6) is 17.2 Å². The van der Waals surface area contributed by atoms with Crippen molar-refractivity contribution in [3.8, 4) is 17.2 Å². The van der Waals surface area contributed by atoms with E-state index in [2.05, 4.69) is 0 Å². The summed E-state index contributed by atoms with van der Waals surface area (Å²) in [5.74, 6) is -1.41. The summed E-state index contributed by atoms with van der Waals surface area (Å²) in [5.41, 5.74) is 0.571. The van der Waals surface area contributed by atoms with E-state index in [0.29, 0.717) is 21.9 Å². The monoisotopic (exact) mass is 448 g/mol. The van der Waals surface area contributed by atoms with Gasteiger partial charge in [0.15, 0.2) is 22.7 Å². The third kappa shape index (κ3) is 3.67. The quantitative estimate of drug-likeness (QED) is 0.394. The first-order valence-electron chi connectivity index (χ1n) is 9.43. The SMILES string of the molecule is CCOc1ccc2c(oc3c(F)c(Oc4c(C)cc(P(=O)(O)O)cc4C)ccc32)c1F. The van der Waals surface area contributed by atoms with Gasteiger partial charge in [-0.25, -0.2) is 0 Å². The fourth-order valence-electron chi connectivity index (χ4n) is 3.51. The Morgan fingerprint density at radius 1 is 0.935 bits per heavy atom. The van der Waals surface area contributed by atoms with Gasteiger partial charge in [0.05, 0.1) is 11.9 Å². The van der Waals surface area contributed by atoms with Gasteiger partial charge in [0.2, 0.25) is 11.6 Å². The fraction of sp³-hybridized carbons (Fsp3) is 0.182. The molecule has 0 atom stereocenters. The van der Waals surface area contributed by atoms with Crippen LogP contribution in [0.15, 0.2) is 40.8 Å². The van der Waals surface area contributed by atoms with Gasteiger partial charge < -0.3 is 23.7 Å². The standard InChI is InChI=1S/C22H19F2O6P/c1-4-28-16-7-5-14-15-6-8-17(19(24)22(15)30-21(14)18(16)23)29-20-11(2)9-13(10-12(20)3)31(25,26)27/h5-10H,4H2,1-3H3,(H2,25,26,27). The van der Waals surface area contributed by atoms with Crippen LogP contribution in [0.1, 0.15) is 18.1 Å². The number of hydrogen-bond donors (Lipinski definition) is 2. The molecule has 3 aromatic carbocycles. The molecular formula is C22H19F2O6P. The highest BCUT2D eigenvalue weighted by atomic mass is 31.2. The lowest BCUT2D eigenvalue weighted by Gasteiger charge is -2.15. The van der Waals surface area contributed by atoms with Crippen molar-refractivity contribution in [3.05, 3.63) is 59.2 Å². The molecule has 4 rings (SSSR count). The van der Waals surface area contributed by atoms with E-state index in [0.717, 1.165) is 0 Å². The Morgan fingerprint density at radius 3 is 1.97 bits per heavy atom. The molecule has 0 bridgehead atoms. The largest absolute Gasteiger partial charge is 0.491 e. The van der Waals surface area contributed by atoms with Crippen molar-refractivity contribution in [1.82, 2.24) is 0 Å². The molecule has 0 fully saturated rings. The summed E-state index contributed by atoms with van der Waals surface area (Å²) < 4.78 is 57.9. The van der Waals surface area contributed by atoms with Crippen LogP contribution >= 0.6 is 7.60 Å². The predicted molar refractivity (Wildman–Crippen MR) is 112 cm³/mol. The van der Waals surface area contributed by atoms with E-state index in [9.17, 15) is 18.7 Å². The summed E-state index contributed by atoms with van der Waals surface area (Å²) in [5, 5.41) is 0.635. The third-order valence-electron chi connectivity index (χ3n) is 4.91. The van der Waals surface area contributed by atoms with Crippen LogP contribution in [0.4, 0.5) is 8.78 Å². The lowest BCUT2D eigenvalue weighted by molar-refractivity contribution is 0.321. The molecular weight excluding hydrogens is 429 g/mol. The van der Waals surface area contributed by atoms with E-state index in [1.165, 1.54) is 24.3 Å². The Balaban J connectivity index is 1.81. The first-order chi connectivity index (χ1) is 14.6. The molecule has 1 heterocycles. The molecule has 0 saturated heterocycles. The Bertz CT molecular complexity index is 1350. The molecule has 0 spiro atoms. The van der Waals surface area contributed by atoms with Gasteiger partial charge in [-0.1, -0.05) is 0 Å². The summed E-state index contributed by atoms with van der Waals surface area (Å²) >= 11 is 0. The van der Waals surface area contributed by atoms with Gasteiger partial charge in [-0.15, -0.1) is 0 Å². The maximum absolute atomic E-state index is 15.2. The number of rotatable bonds is 5. The van der Waals surface area contributed by atoms with E-state index in [4.69, 9.17) is 13.9 Å². The van der Waals surface area contributed by atoms with Crippen LogP contribution in [0.3, 0.4) is 0 Å². The molecule has 4 aromatic rings. The molecule has 2 N–H and O–H groups in total. The Labute approximate surface area is 176 Å². The fourth-order valence-corrected chi connectivity index (χ4v) is 4.24. The van der Waals surface area contributed by atoms with Crippen molar-refractivity contribution in [2.45, 2.75) is 20.8 Å². The highest BCUT2D eigenvalue weighted by Gasteiger charge is 2.23. The van der Waals surface area contributed by atoms with Crippen LogP contribution < -0.4 is 14.8 Å². The molecule has 9 heteroatoms. The van der Waals surface area contributed by atoms with Gasteiger partial charge >= 0.3 is 7.60 Å². The van der Waals surface area contributed by atoms with Gasteiger partial charge in [0.1, 0.15) is 5.75 Å². The second-order valence-corrected chi connectivity index (χ2v) is 8.70. The van der Waals surface area contributed by atoms with Crippen molar-refractivity contribution in [2.24, 2.45) is 0 Å². The molecule has 31 heavy (non-hydrogen) atoms. The lowest BCUT2D eigenvalue weighted by atomic mass is 10.1. The smallest absolute Gasteiger partial charge is 0.356 e. The lowest BCUT2D eigenvalue weighted by Crippen LogP contribution is -2.07. The number of benzene rings is 3. The number of fused-ring (bicyclic) bond motifs is 3. The van der Waals surface area contributed by atoms with Crippen LogP contribution in [0.2, 0.25) is 0 Å². The number of halogens is 2. The first kappa shape index (κ1) is 21.3. The minimum atomic E-state index is -4.44. The normalized spacial score (nSPS) is 12.0. The number of hydrogen-bond acceptors (Lipinski definition) is 4. The van der Waals surface area contributed by atoms with Crippen LogP contribution in [0.25, 0.3) is 21.9 Å². The van der Waals surface area contributed by atoms with E-state index >= 15 is 4.39 Å². The molecule has 162 valence electrons. The summed E-state index contributed by atoms with van der Waals surface area (Å²) in [4.78, 5) is 18.8. The minimum Gasteiger partial charge on any atom is -0.491 e. The zero-order valence-corrected chi connectivity index (χ0v) is 17.8. The van der Waals surface area contributed by atoms with Crippen LogP contribution in [-0.4, -0.2) is 16.4 Å². The summed E-state index contributed by atoms with van der Waals surface area (Å²) in [6.07, 6.45) is 0. The van der Waals surface area contributed by atoms with Crippen LogP contribution in [-0.2, 0) is 4.57 Å². The number of ether oxygens (including phenoxy) is 2. The topological polar surface area (TPSA) is 89.1 Å². The third-order valence-corrected chi connectivity index (χ3v) is 5.84. The molecule has 0 radical (unpaired) electrons. The zero-order chi connectivity index (χ0) is 22.5. The van der Waals surface area contributed by atoms with Gasteiger partial charge in [-0.3, -0.25) is 4.57 Å².